The number of nitrogens with one attached hydrogen (secondary N) is 1. The Hall–Kier alpha value is -2.35. The first-order valence-electron chi connectivity index (χ1n) is 11.6. The van der Waals surface area contributed by atoms with Crippen molar-refractivity contribution in [3.05, 3.63) is 17.8 Å². The molecule has 0 spiro atoms. The third kappa shape index (κ3) is 4.42. The number of nitrogens with zero attached hydrogens (tertiary/aromatic N) is 2. The first-order valence-corrected chi connectivity index (χ1v) is 11.6. The van der Waals surface area contributed by atoms with Gasteiger partial charge >= 0.3 is 0 Å². The highest BCUT2D eigenvalue weighted by molar-refractivity contribution is 5.97. The van der Waals surface area contributed by atoms with E-state index >= 15 is 0 Å². The molecule has 0 saturated heterocycles. The number of aliphatic hydroxyl groups is 1. The molecule has 2 amide bonds. The summed E-state index contributed by atoms with van der Waals surface area (Å²) in [7, 11) is 0. The van der Waals surface area contributed by atoms with Crippen LogP contribution in [0.1, 0.15) is 76.6 Å². The van der Waals surface area contributed by atoms with Gasteiger partial charge in [-0.25, -0.2) is 4.68 Å². The van der Waals surface area contributed by atoms with Gasteiger partial charge < -0.3 is 20.9 Å². The van der Waals surface area contributed by atoms with Crippen LogP contribution in [0, 0.1) is 23.2 Å². The Balaban J connectivity index is 1.58. The summed E-state index contributed by atoms with van der Waals surface area (Å²) in [5.41, 5.74) is 3.94. The minimum absolute atomic E-state index is 0.233. The van der Waals surface area contributed by atoms with Crippen molar-refractivity contribution in [2.45, 2.75) is 77.4 Å². The number of rotatable bonds is 8. The molecule has 1 aromatic heterocycles. The fourth-order valence-electron chi connectivity index (χ4n) is 6.01. The SMILES string of the molecule is CC(C)COc1c(C(=O)N[C@]23CC4CC(C[C@@](O)(C4)C2)C3)cnn1/C=C/C(C)(C)C(N)=O. The van der Waals surface area contributed by atoms with Gasteiger partial charge in [0, 0.05) is 11.7 Å². The number of nitrogens with two attached hydrogens (primary N) is 1. The minimum atomic E-state index is -0.863. The van der Waals surface area contributed by atoms with Gasteiger partial charge in [0.25, 0.3) is 5.91 Å². The third-order valence-corrected chi connectivity index (χ3v) is 7.22. The van der Waals surface area contributed by atoms with E-state index in [9.17, 15) is 14.7 Å². The predicted molar refractivity (Wildman–Crippen MR) is 121 cm³/mol. The second-order valence-electron chi connectivity index (χ2n) is 11.3. The van der Waals surface area contributed by atoms with Crippen LogP contribution in [0.15, 0.2) is 12.3 Å². The molecule has 1 aromatic rings. The molecule has 176 valence electrons. The standard InChI is InChI=1S/C24H36N4O4/c1-15(2)13-32-20-18(12-26-28(20)6-5-22(3,4)21(25)30)19(29)27-23-8-16-7-17(9-23)11-24(31,10-16)14-23/h5-6,12,15-17,31H,7-11,13-14H2,1-4H3,(H2,25,30)(H,27,29)/b6-5+/t16?,17?,23-,24-. The van der Waals surface area contributed by atoms with E-state index in [-0.39, 0.29) is 17.4 Å². The van der Waals surface area contributed by atoms with Gasteiger partial charge in [-0.3, -0.25) is 9.59 Å². The van der Waals surface area contributed by atoms with E-state index in [0.717, 1.165) is 32.1 Å². The lowest BCUT2D eigenvalue weighted by Gasteiger charge is -2.60. The van der Waals surface area contributed by atoms with Crippen molar-refractivity contribution in [1.82, 2.24) is 15.1 Å². The average molecular weight is 445 g/mol. The summed E-state index contributed by atoms with van der Waals surface area (Å²) >= 11 is 0. The maximum atomic E-state index is 13.4. The molecule has 0 aromatic carbocycles. The molecular weight excluding hydrogens is 408 g/mol. The fraction of sp³-hybridized carbons (Fsp3) is 0.708. The largest absolute Gasteiger partial charge is 0.477 e. The van der Waals surface area contributed by atoms with Gasteiger partial charge in [0.05, 0.1) is 23.8 Å². The zero-order chi connectivity index (χ0) is 23.3. The molecule has 2 unspecified atom stereocenters. The fourth-order valence-corrected chi connectivity index (χ4v) is 6.01. The summed E-state index contributed by atoms with van der Waals surface area (Å²) in [5, 5.41) is 18.6. The first kappa shape index (κ1) is 22.8. The predicted octanol–water partition coefficient (Wildman–Crippen LogP) is 2.71. The second-order valence-corrected chi connectivity index (χ2v) is 11.3. The molecule has 4 N–H and O–H groups in total. The van der Waals surface area contributed by atoms with E-state index in [1.807, 2.05) is 13.8 Å². The maximum Gasteiger partial charge on any atom is 0.258 e. The molecule has 4 aliphatic carbocycles. The molecule has 2 atom stereocenters. The molecular formula is C24H36N4O4. The van der Waals surface area contributed by atoms with Gasteiger partial charge in [0.1, 0.15) is 5.56 Å². The second kappa shape index (κ2) is 7.90. The van der Waals surface area contributed by atoms with Crippen molar-refractivity contribution in [1.29, 1.82) is 0 Å². The summed E-state index contributed by atoms with van der Waals surface area (Å²) in [6.07, 6.45) is 10.1. The number of ether oxygens (including phenoxy) is 1. The molecule has 4 fully saturated rings. The summed E-state index contributed by atoms with van der Waals surface area (Å²) in [4.78, 5) is 25.1. The van der Waals surface area contributed by atoms with Gasteiger partial charge in [-0.15, -0.1) is 0 Å². The van der Waals surface area contributed by atoms with Crippen molar-refractivity contribution >= 4 is 18.0 Å². The number of carbonyl (C=O) groups excluding carboxylic acids is 2. The van der Waals surface area contributed by atoms with Crippen LogP contribution in [0.3, 0.4) is 0 Å². The highest BCUT2D eigenvalue weighted by Crippen LogP contribution is 2.57. The van der Waals surface area contributed by atoms with Crippen molar-refractivity contribution < 1.29 is 19.4 Å². The number of aromatic nitrogens is 2. The van der Waals surface area contributed by atoms with Gasteiger partial charge in [0.2, 0.25) is 11.8 Å². The maximum absolute atomic E-state index is 13.4. The molecule has 5 rings (SSSR count). The number of hydrogen-bond acceptors (Lipinski definition) is 5. The lowest BCUT2D eigenvalue weighted by atomic mass is 9.51. The highest BCUT2D eigenvalue weighted by Gasteiger charge is 2.57. The lowest BCUT2D eigenvalue weighted by molar-refractivity contribution is -0.139. The Kier molecular flexibility index (Phi) is 5.64. The average Bonchev–Trinajstić information content (AvgIpc) is 3.05. The van der Waals surface area contributed by atoms with Crippen LogP contribution in [0.2, 0.25) is 0 Å². The van der Waals surface area contributed by atoms with Crippen LogP contribution >= 0.6 is 0 Å². The normalized spacial score (nSPS) is 31.4. The van der Waals surface area contributed by atoms with Crippen molar-refractivity contribution in [3.8, 4) is 5.88 Å². The van der Waals surface area contributed by atoms with E-state index in [2.05, 4.69) is 10.4 Å². The van der Waals surface area contributed by atoms with Crippen molar-refractivity contribution in [2.75, 3.05) is 6.61 Å². The molecule has 8 heteroatoms. The van der Waals surface area contributed by atoms with Crippen LogP contribution in [0.25, 0.3) is 6.20 Å². The minimum Gasteiger partial charge on any atom is -0.477 e. The molecule has 0 aliphatic heterocycles. The van der Waals surface area contributed by atoms with Crippen LogP contribution in [0.5, 0.6) is 5.88 Å². The van der Waals surface area contributed by atoms with Gasteiger partial charge in [-0.2, -0.15) is 5.10 Å². The molecule has 0 radical (unpaired) electrons. The first-order chi connectivity index (χ1) is 14.9. The Labute approximate surface area is 189 Å². The highest BCUT2D eigenvalue weighted by atomic mass is 16.5. The Morgan fingerprint density at radius 1 is 1.34 bits per heavy atom. The summed E-state index contributed by atoms with van der Waals surface area (Å²) in [6.45, 7) is 7.92. The summed E-state index contributed by atoms with van der Waals surface area (Å²) < 4.78 is 7.46. The smallest absolute Gasteiger partial charge is 0.258 e. The monoisotopic (exact) mass is 444 g/mol. The third-order valence-electron chi connectivity index (χ3n) is 7.22. The Morgan fingerprint density at radius 3 is 2.56 bits per heavy atom. The topological polar surface area (TPSA) is 119 Å². The van der Waals surface area contributed by atoms with Gasteiger partial charge in [-0.05, 0) is 70.1 Å². The quantitative estimate of drug-likeness (QED) is 0.569. The molecule has 4 saturated carbocycles. The van der Waals surface area contributed by atoms with Crippen LogP contribution < -0.4 is 15.8 Å². The van der Waals surface area contributed by atoms with E-state index in [0.29, 0.717) is 36.3 Å². The zero-order valence-corrected chi connectivity index (χ0v) is 19.6. The van der Waals surface area contributed by atoms with Gasteiger partial charge in [-0.1, -0.05) is 19.9 Å². The molecule has 4 bridgehead atoms. The van der Waals surface area contributed by atoms with Crippen molar-refractivity contribution in [2.24, 2.45) is 28.9 Å². The summed E-state index contributed by atoms with van der Waals surface area (Å²) in [6, 6.07) is 0. The number of amides is 2. The van der Waals surface area contributed by atoms with Crippen LogP contribution in [-0.2, 0) is 4.79 Å². The molecule has 32 heavy (non-hydrogen) atoms. The number of primary amides is 1. The van der Waals surface area contributed by atoms with E-state index in [4.69, 9.17) is 10.5 Å². The number of hydrogen-bond donors (Lipinski definition) is 3. The van der Waals surface area contributed by atoms with E-state index in [1.54, 1.807) is 26.1 Å². The number of carbonyl (C=O) groups is 2. The molecule has 8 nitrogen and oxygen atoms in total. The van der Waals surface area contributed by atoms with E-state index in [1.165, 1.54) is 10.9 Å². The van der Waals surface area contributed by atoms with Crippen molar-refractivity contribution in [3.63, 3.8) is 0 Å². The van der Waals surface area contributed by atoms with Crippen LogP contribution in [0.4, 0.5) is 0 Å². The van der Waals surface area contributed by atoms with Crippen LogP contribution in [-0.4, -0.2) is 44.4 Å². The Morgan fingerprint density at radius 2 is 2.00 bits per heavy atom. The van der Waals surface area contributed by atoms with Gasteiger partial charge in [0.15, 0.2) is 0 Å². The summed E-state index contributed by atoms with van der Waals surface area (Å²) in [5.74, 6) is 0.861. The Bertz CT molecular complexity index is 918. The van der Waals surface area contributed by atoms with E-state index < -0.39 is 16.9 Å². The molecule has 4 aliphatic rings. The lowest BCUT2D eigenvalue weighted by Crippen LogP contribution is -2.65. The molecule has 1 heterocycles. The zero-order valence-electron chi connectivity index (χ0n) is 19.6.